The van der Waals surface area contributed by atoms with Crippen molar-refractivity contribution in [3.63, 3.8) is 0 Å². The quantitative estimate of drug-likeness (QED) is 0.768. The highest BCUT2D eigenvalue weighted by Crippen LogP contribution is 2.19. The number of aryl methyl sites for hydroxylation is 1. The number of rotatable bonds is 5. The number of hydrogen-bond donors (Lipinski definition) is 0. The van der Waals surface area contributed by atoms with Crippen molar-refractivity contribution in [3.8, 4) is 0 Å². The van der Waals surface area contributed by atoms with Gasteiger partial charge >= 0.3 is 6.18 Å². The van der Waals surface area contributed by atoms with Crippen molar-refractivity contribution in [2.45, 2.75) is 25.6 Å². The zero-order chi connectivity index (χ0) is 17.9. The molecule has 0 radical (unpaired) electrons. The van der Waals surface area contributed by atoms with Gasteiger partial charge in [-0.2, -0.15) is 13.2 Å². The Kier molecular flexibility index (Phi) is 5.63. The maximum absolute atomic E-state index is 12.3. The average Bonchev–Trinajstić information content (AvgIpc) is 2.51. The number of fused-ring (bicyclic) bond motifs is 1. The lowest BCUT2D eigenvalue weighted by atomic mass is 10.2. The summed E-state index contributed by atoms with van der Waals surface area (Å²) in [5.41, 5.74) is 0.236. The highest BCUT2D eigenvalue weighted by atomic mass is 79.9. The van der Waals surface area contributed by atoms with Crippen LogP contribution in [0.4, 0.5) is 13.2 Å². The molecular weight excluding hydrogens is 391 g/mol. The number of halogens is 4. The van der Waals surface area contributed by atoms with Crippen LogP contribution in [-0.2, 0) is 11.3 Å². The van der Waals surface area contributed by atoms with Gasteiger partial charge in [-0.1, -0.05) is 15.9 Å². The summed E-state index contributed by atoms with van der Waals surface area (Å²) in [4.78, 5) is 29.4. The zero-order valence-corrected chi connectivity index (χ0v) is 14.4. The molecule has 1 amide bonds. The van der Waals surface area contributed by atoms with Gasteiger partial charge in [0.25, 0.3) is 5.56 Å². The maximum Gasteiger partial charge on any atom is 0.390 e. The molecule has 2 rings (SSSR count). The van der Waals surface area contributed by atoms with E-state index in [9.17, 15) is 22.8 Å². The fraction of sp³-hybridized carbons (Fsp3) is 0.400. The maximum atomic E-state index is 12.3. The molecule has 24 heavy (non-hydrogen) atoms. The Labute approximate surface area is 144 Å². The van der Waals surface area contributed by atoms with E-state index < -0.39 is 25.0 Å². The van der Waals surface area contributed by atoms with Crippen LogP contribution < -0.4 is 5.56 Å². The Balaban J connectivity index is 2.04. The highest BCUT2D eigenvalue weighted by molar-refractivity contribution is 9.10. The number of hydrogen-bond acceptors (Lipinski definition) is 3. The molecule has 0 saturated carbocycles. The molecule has 0 N–H and O–H groups in total. The molecule has 0 aliphatic heterocycles. The topological polar surface area (TPSA) is 55.2 Å². The third-order valence-electron chi connectivity index (χ3n) is 3.51. The van der Waals surface area contributed by atoms with Crippen LogP contribution in [0.3, 0.4) is 0 Å². The lowest BCUT2D eigenvalue weighted by Crippen LogP contribution is -2.32. The molecule has 2 aromatic rings. The van der Waals surface area contributed by atoms with Crippen LogP contribution in [0.25, 0.3) is 10.9 Å². The normalized spacial score (nSPS) is 11.7. The van der Waals surface area contributed by atoms with Crippen LogP contribution in [0.15, 0.2) is 33.8 Å². The Bertz CT molecular complexity index is 805. The van der Waals surface area contributed by atoms with E-state index in [-0.39, 0.29) is 18.5 Å². The molecule has 1 aromatic heterocycles. The van der Waals surface area contributed by atoms with Gasteiger partial charge in [-0.15, -0.1) is 0 Å². The van der Waals surface area contributed by atoms with Crippen LogP contribution in [0.2, 0.25) is 0 Å². The third kappa shape index (κ3) is 4.80. The number of nitrogens with zero attached hydrogens (tertiary/aromatic N) is 3. The van der Waals surface area contributed by atoms with Crippen LogP contribution >= 0.6 is 15.9 Å². The average molecular weight is 406 g/mol. The van der Waals surface area contributed by atoms with E-state index in [1.165, 1.54) is 17.9 Å². The van der Waals surface area contributed by atoms with Crippen molar-refractivity contribution >= 4 is 32.7 Å². The van der Waals surface area contributed by atoms with Gasteiger partial charge in [-0.3, -0.25) is 14.2 Å². The van der Waals surface area contributed by atoms with Gasteiger partial charge in [0.2, 0.25) is 5.91 Å². The van der Waals surface area contributed by atoms with Crippen LogP contribution in [0.5, 0.6) is 0 Å². The predicted molar refractivity (Wildman–Crippen MR) is 86.6 cm³/mol. The molecule has 0 spiro atoms. The standard InChI is InChI=1S/C15H15BrF3N3O2/c1-21(7-5-15(17,18)19)13(23)4-6-22-9-20-12-3-2-10(16)8-11(12)14(22)24/h2-3,8-9H,4-7H2,1H3. The first-order valence-corrected chi connectivity index (χ1v) is 7.92. The Hall–Kier alpha value is -1.90. The molecule has 0 bridgehead atoms. The molecule has 0 atom stereocenters. The summed E-state index contributed by atoms with van der Waals surface area (Å²) < 4.78 is 38.5. The first-order chi connectivity index (χ1) is 11.2. The van der Waals surface area contributed by atoms with Gasteiger partial charge in [-0.05, 0) is 18.2 Å². The molecule has 1 aromatic carbocycles. The molecule has 130 valence electrons. The smallest absolute Gasteiger partial charge is 0.345 e. The van der Waals surface area contributed by atoms with Gasteiger partial charge in [0.15, 0.2) is 0 Å². The summed E-state index contributed by atoms with van der Waals surface area (Å²) in [5.74, 6) is -0.458. The van der Waals surface area contributed by atoms with Gasteiger partial charge in [0.1, 0.15) is 0 Å². The van der Waals surface area contributed by atoms with Crippen molar-refractivity contribution in [1.82, 2.24) is 14.5 Å². The van der Waals surface area contributed by atoms with Gasteiger partial charge in [0.05, 0.1) is 23.7 Å². The lowest BCUT2D eigenvalue weighted by molar-refractivity contribution is -0.144. The molecule has 5 nitrogen and oxygen atoms in total. The number of carbonyl (C=O) groups excluding carboxylic acids is 1. The number of carbonyl (C=O) groups is 1. The molecule has 0 saturated heterocycles. The molecular formula is C15H15BrF3N3O2. The second-order valence-electron chi connectivity index (χ2n) is 5.34. The van der Waals surface area contributed by atoms with Crippen LogP contribution in [0, 0.1) is 0 Å². The fourth-order valence-electron chi connectivity index (χ4n) is 2.12. The largest absolute Gasteiger partial charge is 0.390 e. The van der Waals surface area contributed by atoms with E-state index in [1.807, 2.05) is 0 Å². The van der Waals surface area contributed by atoms with E-state index in [0.29, 0.717) is 10.9 Å². The van der Waals surface area contributed by atoms with Gasteiger partial charge in [0, 0.05) is 31.0 Å². The number of aromatic nitrogens is 2. The molecule has 0 unspecified atom stereocenters. The Morgan fingerprint density at radius 2 is 2.08 bits per heavy atom. The van der Waals surface area contributed by atoms with E-state index in [1.54, 1.807) is 18.2 Å². The van der Waals surface area contributed by atoms with E-state index in [2.05, 4.69) is 20.9 Å². The van der Waals surface area contributed by atoms with Crippen molar-refractivity contribution < 1.29 is 18.0 Å². The molecule has 1 heterocycles. The minimum Gasteiger partial charge on any atom is -0.345 e. The Morgan fingerprint density at radius 1 is 1.38 bits per heavy atom. The second kappa shape index (κ2) is 7.33. The molecule has 0 aliphatic rings. The summed E-state index contributed by atoms with van der Waals surface area (Å²) in [5, 5.41) is 0.407. The molecule has 0 aliphatic carbocycles. The van der Waals surface area contributed by atoms with Crippen molar-refractivity contribution in [1.29, 1.82) is 0 Å². The van der Waals surface area contributed by atoms with Crippen molar-refractivity contribution in [2.24, 2.45) is 0 Å². The number of amides is 1. The first-order valence-electron chi connectivity index (χ1n) is 7.13. The third-order valence-corrected chi connectivity index (χ3v) is 4.00. The summed E-state index contributed by atoms with van der Waals surface area (Å²) in [6, 6.07) is 5.10. The fourth-order valence-corrected chi connectivity index (χ4v) is 2.48. The summed E-state index contributed by atoms with van der Waals surface area (Å²) in [6.45, 7) is -0.344. The van der Waals surface area contributed by atoms with Gasteiger partial charge in [-0.25, -0.2) is 4.98 Å². The zero-order valence-electron chi connectivity index (χ0n) is 12.8. The van der Waals surface area contributed by atoms with Gasteiger partial charge < -0.3 is 4.90 Å². The number of benzene rings is 1. The van der Waals surface area contributed by atoms with E-state index >= 15 is 0 Å². The first kappa shape index (κ1) is 18.4. The minimum atomic E-state index is -4.30. The highest BCUT2D eigenvalue weighted by Gasteiger charge is 2.27. The molecule has 0 fully saturated rings. The summed E-state index contributed by atoms with van der Waals surface area (Å²) in [6.07, 6.45) is -4.10. The summed E-state index contributed by atoms with van der Waals surface area (Å²) in [7, 11) is 1.31. The van der Waals surface area contributed by atoms with Crippen molar-refractivity contribution in [2.75, 3.05) is 13.6 Å². The van der Waals surface area contributed by atoms with Crippen LogP contribution in [-0.4, -0.2) is 40.1 Å². The molecule has 9 heteroatoms. The summed E-state index contributed by atoms with van der Waals surface area (Å²) >= 11 is 3.28. The monoisotopic (exact) mass is 405 g/mol. The number of alkyl halides is 3. The predicted octanol–water partition coefficient (Wildman–Crippen LogP) is 2.96. The van der Waals surface area contributed by atoms with Crippen LogP contribution in [0.1, 0.15) is 12.8 Å². The van der Waals surface area contributed by atoms with E-state index in [0.717, 1.165) is 9.37 Å². The lowest BCUT2D eigenvalue weighted by Gasteiger charge is -2.18. The Morgan fingerprint density at radius 3 is 2.75 bits per heavy atom. The SMILES string of the molecule is CN(CCC(F)(F)F)C(=O)CCn1cnc2ccc(Br)cc2c1=O. The van der Waals surface area contributed by atoms with E-state index in [4.69, 9.17) is 0 Å². The second-order valence-corrected chi connectivity index (χ2v) is 6.25. The van der Waals surface area contributed by atoms with Crippen molar-refractivity contribution in [3.05, 3.63) is 39.4 Å². The minimum absolute atomic E-state index is 0.0590.